The molecule has 1 fully saturated rings. The second kappa shape index (κ2) is 21.9. The number of hydrogen-bond acceptors (Lipinski definition) is 20. The molecule has 0 spiro atoms. The first-order valence-corrected chi connectivity index (χ1v) is 28.4. The number of pyridine rings is 1. The molecule has 0 aliphatic carbocycles. The number of carboxylic acid groups (broad SMARTS) is 1. The maximum Gasteiger partial charge on any atom is 0.355 e. The number of phenols is 1. The summed E-state index contributed by atoms with van der Waals surface area (Å²) >= 11 is 5.94. The van der Waals surface area contributed by atoms with Gasteiger partial charge in [0, 0.05) is 39.9 Å². The summed E-state index contributed by atoms with van der Waals surface area (Å²) in [7, 11) is 0. The second-order valence-corrected chi connectivity index (χ2v) is 22.5. The predicted octanol–water partition coefficient (Wildman–Crippen LogP) is 7.81. The summed E-state index contributed by atoms with van der Waals surface area (Å²) < 4.78 is 6.17. The molecule has 2 aliphatic rings. The van der Waals surface area contributed by atoms with Gasteiger partial charge in [0.15, 0.2) is 11.4 Å². The molecule has 7 N–H and O–H groups in total. The molecule has 2 aliphatic heterocycles. The number of carboxylic acids is 1. The molecule has 1 saturated heterocycles. The number of carbonyl (C=O) groups is 6. The van der Waals surface area contributed by atoms with Crippen LogP contribution in [-0.2, 0) is 22.4 Å². The molecule has 21 nitrogen and oxygen atoms in total. The Hall–Kier alpha value is -8.43. The van der Waals surface area contributed by atoms with Crippen LogP contribution in [0.1, 0.15) is 111 Å². The molecular weight excluding hydrogens is 1100 g/mol. The monoisotopic (exact) mass is 1140 g/mol. The Morgan fingerprint density at radius 1 is 0.641 bits per heavy atom. The average molecular weight is 1140 g/mol. The minimum Gasteiger partial charge on any atom is -0.508 e. The lowest BCUT2D eigenvalue weighted by Crippen LogP contribution is -2.49. The van der Waals surface area contributed by atoms with Crippen LogP contribution >= 0.6 is 56.7 Å². The van der Waals surface area contributed by atoms with E-state index in [4.69, 9.17) is 30.1 Å². The quantitative estimate of drug-likeness (QED) is 0.0845. The lowest BCUT2D eigenvalue weighted by molar-refractivity contribution is -0.134. The zero-order chi connectivity index (χ0) is 54.2. The van der Waals surface area contributed by atoms with E-state index in [1.54, 1.807) is 46.8 Å². The van der Waals surface area contributed by atoms with Crippen LogP contribution in [-0.4, -0.2) is 98.1 Å². The number of benzene rings is 2. The van der Waals surface area contributed by atoms with Crippen molar-refractivity contribution in [2.75, 3.05) is 6.54 Å². The molecule has 394 valence electrons. The van der Waals surface area contributed by atoms with Crippen molar-refractivity contribution in [1.29, 1.82) is 0 Å². The molecule has 9 aromatic rings. The number of aryl methyl sites for hydroxylation is 1. The van der Waals surface area contributed by atoms with Gasteiger partial charge in [-0.1, -0.05) is 42.5 Å². The van der Waals surface area contributed by atoms with E-state index < -0.39 is 53.8 Å². The van der Waals surface area contributed by atoms with Gasteiger partial charge in [0.1, 0.15) is 71.1 Å². The molecule has 9 heterocycles. The van der Waals surface area contributed by atoms with Crippen LogP contribution in [0.3, 0.4) is 0 Å². The van der Waals surface area contributed by atoms with Crippen LogP contribution in [0.15, 0.2) is 98.0 Å². The van der Waals surface area contributed by atoms with Crippen molar-refractivity contribution in [3.05, 3.63) is 148 Å². The summed E-state index contributed by atoms with van der Waals surface area (Å²) in [6, 6.07) is 15.7. The number of nitrogens with zero attached hydrogens (tertiary/aromatic N) is 8. The molecule has 26 heteroatoms. The maximum absolute atomic E-state index is 14.9. The van der Waals surface area contributed by atoms with E-state index in [0.717, 1.165) is 39.6 Å². The number of thiazole rings is 5. The number of aromatic nitrogens is 7. The fourth-order valence-corrected chi connectivity index (χ4v) is 13.2. The third-order valence-electron chi connectivity index (χ3n) is 12.8. The number of phenolic OH excluding ortho intramolecular Hbond substituents is 1. The van der Waals surface area contributed by atoms with Gasteiger partial charge < -0.3 is 41.2 Å². The lowest BCUT2D eigenvalue weighted by Gasteiger charge is -2.28. The van der Waals surface area contributed by atoms with Crippen LogP contribution in [0.5, 0.6) is 5.75 Å². The zero-order valence-corrected chi connectivity index (χ0v) is 44.8. The Bertz CT molecular complexity index is 3770. The van der Waals surface area contributed by atoms with Crippen LogP contribution in [0.4, 0.5) is 0 Å². The Labute approximate surface area is 462 Å². The van der Waals surface area contributed by atoms with Crippen molar-refractivity contribution in [3.8, 4) is 50.0 Å². The van der Waals surface area contributed by atoms with Gasteiger partial charge in [-0.05, 0) is 61.6 Å². The van der Waals surface area contributed by atoms with E-state index in [0.29, 0.717) is 67.6 Å². The molecule has 0 radical (unpaired) electrons. The number of hydrogen-bond donors (Lipinski definition) is 6. The summed E-state index contributed by atoms with van der Waals surface area (Å²) in [6.45, 7) is 1.95. The summed E-state index contributed by atoms with van der Waals surface area (Å²) in [4.78, 5) is 117. The highest BCUT2D eigenvalue weighted by molar-refractivity contribution is 7.14. The molecular formula is C52H42N12O9S5. The Kier molecular flexibility index (Phi) is 14.5. The van der Waals surface area contributed by atoms with Crippen molar-refractivity contribution < 1.29 is 43.4 Å². The third-order valence-corrected chi connectivity index (χ3v) is 17.4. The Morgan fingerprint density at radius 2 is 1.26 bits per heavy atom. The van der Waals surface area contributed by atoms with Crippen molar-refractivity contribution in [3.63, 3.8) is 0 Å². The molecule has 78 heavy (non-hydrogen) atoms. The smallest absolute Gasteiger partial charge is 0.355 e. The number of rotatable bonds is 8. The van der Waals surface area contributed by atoms with Gasteiger partial charge >= 0.3 is 5.97 Å². The van der Waals surface area contributed by atoms with Gasteiger partial charge in [0.05, 0.1) is 35.8 Å². The van der Waals surface area contributed by atoms with Crippen LogP contribution in [0.2, 0.25) is 0 Å². The number of nitrogens with one attached hydrogen (secondary N) is 3. The molecule has 2 aromatic carbocycles. The molecule has 4 atom stereocenters. The molecule has 0 saturated carbocycles. The SMILES string of the molecule is Cc1oc2nc1C(=O)N[C@@H](CC(N)=O)c1nc(cs1)C(=O)N[C@@H](Cc1ccccc1)c1nc(cs1)C(=O)N[C@@H](Cc1ccc(O)cc1)C(=O)N1CCC[C@H]1c1nc(cs1)-c1nc(cs1)-c1nc(-c3nc(C(=O)O)cs3)ccc1-2. The van der Waals surface area contributed by atoms with Crippen molar-refractivity contribution in [2.24, 2.45) is 5.73 Å². The highest BCUT2D eigenvalue weighted by Gasteiger charge is 2.38. The van der Waals surface area contributed by atoms with Gasteiger partial charge in [-0.3, -0.25) is 24.0 Å². The first-order valence-electron chi connectivity index (χ1n) is 24.0. The second-order valence-electron chi connectivity index (χ2n) is 18.1. The zero-order valence-electron chi connectivity index (χ0n) is 40.7. The highest BCUT2D eigenvalue weighted by atomic mass is 32.1. The number of aromatic carboxylic acids is 1. The minimum atomic E-state index is -1.20. The van der Waals surface area contributed by atoms with E-state index in [9.17, 15) is 39.0 Å². The van der Waals surface area contributed by atoms with Crippen LogP contribution < -0.4 is 21.7 Å². The number of primary amides is 1. The summed E-state index contributed by atoms with van der Waals surface area (Å²) in [5.41, 5.74) is 8.82. The number of amides is 5. The van der Waals surface area contributed by atoms with Gasteiger partial charge in [-0.25, -0.2) is 39.7 Å². The number of nitrogens with two attached hydrogens (primary N) is 1. The summed E-state index contributed by atoms with van der Waals surface area (Å²) in [5, 5.41) is 38.7. The van der Waals surface area contributed by atoms with Crippen LogP contribution in [0, 0.1) is 6.92 Å². The normalized spacial score (nSPS) is 17.9. The first-order chi connectivity index (χ1) is 37.7. The predicted molar refractivity (Wildman–Crippen MR) is 290 cm³/mol. The first kappa shape index (κ1) is 51.7. The number of carbonyl (C=O) groups excluding carboxylic acids is 5. The largest absolute Gasteiger partial charge is 0.508 e. The Balaban J connectivity index is 0.998. The maximum atomic E-state index is 14.9. The third kappa shape index (κ3) is 10.9. The van der Waals surface area contributed by atoms with Gasteiger partial charge in [-0.15, -0.1) is 56.7 Å². The van der Waals surface area contributed by atoms with E-state index >= 15 is 0 Å². The molecule has 11 rings (SSSR count). The average Bonchev–Trinajstić information content (AvgIpc) is 4.36. The Morgan fingerprint density at radius 3 is 1.97 bits per heavy atom. The van der Waals surface area contributed by atoms with Gasteiger partial charge in [0.2, 0.25) is 17.7 Å². The lowest BCUT2D eigenvalue weighted by atomic mass is 10.0. The minimum absolute atomic E-state index is 0.00511. The molecule has 0 unspecified atom stereocenters. The fourth-order valence-electron chi connectivity index (χ4n) is 9.00. The molecule has 10 bridgehead atoms. The van der Waals surface area contributed by atoms with Crippen molar-refractivity contribution in [2.45, 2.75) is 63.2 Å². The summed E-state index contributed by atoms with van der Waals surface area (Å²) in [5.74, 6) is -4.08. The van der Waals surface area contributed by atoms with E-state index in [-0.39, 0.29) is 76.0 Å². The van der Waals surface area contributed by atoms with Gasteiger partial charge in [-0.2, -0.15) is 0 Å². The number of fused-ring (bicyclic) bond motifs is 16. The van der Waals surface area contributed by atoms with E-state index in [1.807, 2.05) is 35.7 Å². The topological polar surface area (TPSA) is 312 Å². The number of oxazole rings is 1. The standard InChI is InChI=1S/C52H42N12O9S5/c1-24-40-44(69)56-31(18-39(53)66)48-60-34(20-76-48)42(67)55-30(16-25-6-3-2-4-7-25)47-59-35(21-75-47)43(68)57-32(17-26-9-11-27(65)12-10-26)51(70)64-15-5-8-38(64)50-61-36(22-78-50)49-58-33(19-74-49)41-28(45(63-40)73-24)13-14-29(54-41)46-62-37(23-77-46)52(71)72/h2-4,6-7,9-14,19-23,30-32,38,65H,5,8,15-18H2,1H3,(H2,53,66)(H,55,67)(H,56,69)(H,57,68)(H,71,72)/t30-,31-,32-,38-/m0/s1. The van der Waals surface area contributed by atoms with E-state index in [1.165, 1.54) is 45.6 Å². The van der Waals surface area contributed by atoms with Crippen molar-refractivity contribution >= 4 is 92.2 Å². The highest BCUT2D eigenvalue weighted by Crippen LogP contribution is 2.40. The van der Waals surface area contributed by atoms with E-state index in [2.05, 4.69) is 30.9 Å². The van der Waals surface area contributed by atoms with Gasteiger partial charge in [0.25, 0.3) is 17.7 Å². The summed E-state index contributed by atoms with van der Waals surface area (Å²) in [6.07, 6.45) is 1.27. The number of aromatic hydroxyl groups is 1. The van der Waals surface area contributed by atoms with Crippen molar-refractivity contribution in [1.82, 2.24) is 55.7 Å². The molecule has 5 amide bonds. The molecule has 7 aromatic heterocycles. The fraction of sp³-hybridized carbons (Fsp3) is 0.212. The van der Waals surface area contributed by atoms with Crippen LogP contribution in [0.25, 0.3) is 44.2 Å².